The quantitative estimate of drug-likeness (QED) is 0.617. The Morgan fingerprint density at radius 3 is 2.11 bits per heavy atom. The van der Waals surface area contributed by atoms with Crippen LogP contribution in [0.1, 0.15) is 32.6 Å². The van der Waals surface area contributed by atoms with E-state index in [-0.39, 0.29) is 4.83 Å². The van der Waals surface area contributed by atoms with Crippen LogP contribution < -0.4 is 0 Å². The maximum atomic E-state index is 6.35. The van der Waals surface area contributed by atoms with Gasteiger partial charge >= 0.3 is 0 Å². The highest BCUT2D eigenvalue weighted by molar-refractivity contribution is 9.09. The van der Waals surface area contributed by atoms with Crippen molar-refractivity contribution < 1.29 is 0 Å². The second kappa shape index (κ2) is 5.46. The van der Waals surface area contributed by atoms with E-state index >= 15 is 0 Å². The van der Waals surface area contributed by atoms with E-state index in [0.29, 0.717) is 0 Å². The van der Waals surface area contributed by atoms with Crippen molar-refractivity contribution in [3.8, 4) is 0 Å². The molecule has 1 unspecified atom stereocenters. The summed E-state index contributed by atoms with van der Waals surface area (Å²) in [5.74, 6) is 0. The first kappa shape index (κ1) is 13.6. The highest BCUT2D eigenvalue weighted by Crippen LogP contribution is 2.36. The van der Waals surface area contributed by atoms with Gasteiger partial charge in [-0.05, 0) is 49.1 Å². The maximum absolute atomic E-state index is 6.35. The first-order chi connectivity index (χ1) is 8.49. The molecule has 0 amide bonds. The van der Waals surface area contributed by atoms with Gasteiger partial charge in [-0.1, -0.05) is 63.4 Å². The maximum Gasteiger partial charge on any atom is 0.0659 e. The third-order valence-corrected chi connectivity index (χ3v) is 4.61. The van der Waals surface area contributed by atoms with Crippen LogP contribution in [-0.4, -0.2) is 0 Å². The zero-order valence-corrected chi connectivity index (χ0v) is 13.1. The topological polar surface area (TPSA) is 0 Å². The number of benzene rings is 2. The van der Waals surface area contributed by atoms with Gasteiger partial charge < -0.3 is 0 Å². The van der Waals surface area contributed by atoms with Crippen molar-refractivity contribution >= 4 is 27.5 Å². The standard InChI is InChI=1S/C16H16BrCl/c1-10-4-6-13(7-5-10)16(17)14-8-11(2)12(3)9-15(14)18/h4-9,16H,1-3H3. The van der Waals surface area contributed by atoms with Gasteiger partial charge in [0.25, 0.3) is 0 Å². The molecule has 0 saturated heterocycles. The summed E-state index contributed by atoms with van der Waals surface area (Å²) in [6.07, 6.45) is 0. The van der Waals surface area contributed by atoms with Gasteiger partial charge in [-0.2, -0.15) is 0 Å². The van der Waals surface area contributed by atoms with E-state index in [0.717, 1.165) is 10.6 Å². The Balaban J connectivity index is 2.42. The summed E-state index contributed by atoms with van der Waals surface area (Å²) in [7, 11) is 0. The molecule has 2 rings (SSSR count). The van der Waals surface area contributed by atoms with Crippen LogP contribution in [0.15, 0.2) is 36.4 Å². The molecule has 0 nitrogen and oxygen atoms in total. The molecule has 0 heterocycles. The molecule has 18 heavy (non-hydrogen) atoms. The van der Waals surface area contributed by atoms with E-state index in [2.05, 4.69) is 67.0 Å². The second-order valence-electron chi connectivity index (χ2n) is 4.73. The van der Waals surface area contributed by atoms with Gasteiger partial charge in [-0.3, -0.25) is 0 Å². The molecule has 0 spiro atoms. The van der Waals surface area contributed by atoms with Crippen molar-refractivity contribution in [3.05, 3.63) is 69.2 Å². The number of rotatable bonds is 2. The molecule has 0 aromatic heterocycles. The fourth-order valence-corrected chi connectivity index (χ4v) is 3.06. The Morgan fingerprint density at radius 2 is 1.50 bits per heavy atom. The van der Waals surface area contributed by atoms with Crippen molar-refractivity contribution in [2.45, 2.75) is 25.6 Å². The first-order valence-electron chi connectivity index (χ1n) is 5.96. The molecule has 0 aliphatic heterocycles. The van der Waals surface area contributed by atoms with Crippen molar-refractivity contribution in [2.75, 3.05) is 0 Å². The molecule has 94 valence electrons. The molecule has 0 N–H and O–H groups in total. The highest BCUT2D eigenvalue weighted by Gasteiger charge is 2.14. The third-order valence-electron chi connectivity index (χ3n) is 3.26. The van der Waals surface area contributed by atoms with E-state index in [9.17, 15) is 0 Å². The predicted octanol–water partition coefficient (Wildman–Crippen LogP) is 5.75. The van der Waals surface area contributed by atoms with Crippen LogP contribution in [0.4, 0.5) is 0 Å². The zero-order valence-electron chi connectivity index (χ0n) is 10.8. The SMILES string of the molecule is Cc1ccc(C(Br)c2cc(C)c(C)cc2Cl)cc1. The molecule has 0 aliphatic carbocycles. The largest absolute Gasteiger partial charge is 0.0840 e. The molecule has 0 saturated carbocycles. The van der Waals surface area contributed by atoms with Gasteiger partial charge in [0.15, 0.2) is 0 Å². The fourth-order valence-electron chi connectivity index (χ4n) is 1.91. The summed E-state index contributed by atoms with van der Waals surface area (Å²) in [5.41, 5.74) is 6.12. The minimum atomic E-state index is 0.143. The molecular weight excluding hydrogens is 308 g/mol. The molecule has 2 aromatic carbocycles. The van der Waals surface area contributed by atoms with E-state index in [1.165, 1.54) is 22.3 Å². The summed E-state index contributed by atoms with van der Waals surface area (Å²) in [6, 6.07) is 12.7. The van der Waals surface area contributed by atoms with Crippen molar-refractivity contribution in [2.24, 2.45) is 0 Å². The van der Waals surface area contributed by atoms with Gasteiger partial charge in [0.1, 0.15) is 0 Å². The van der Waals surface area contributed by atoms with Crippen LogP contribution in [0.3, 0.4) is 0 Å². The van der Waals surface area contributed by atoms with Gasteiger partial charge in [0.05, 0.1) is 4.83 Å². The summed E-state index contributed by atoms with van der Waals surface area (Å²) in [5, 5.41) is 0.820. The summed E-state index contributed by atoms with van der Waals surface area (Å²) in [6.45, 7) is 6.29. The van der Waals surface area contributed by atoms with Crippen LogP contribution in [0, 0.1) is 20.8 Å². The molecule has 2 aromatic rings. The average Bonchev–Trinajstić information content (AvgIpc) is 2.34. The Bertz CT molecular complexity index is 558. The van der Waals surface area contributed by atoms with Crippen LogP contribution in [0.2, 0.25) is 5.02 Å². The predicted molar refractivity (Wildman–Crippen MR) is 82.9 cm³/mol. The van der Waals surface area contributed by atoms with Crippen molar-refractivity contribution in [3.63, 3.8) is 0 Å². The Labute approximate surface area is 122 Å². The second-order valence-corrected chi connectivity index (χ2v) is 6.05. The molecule has 0 radical (unpaired) electrons. The Kier molecular flexibility index (Phi) is 4.14. The van der Waals surface area contributed by atoms with Crippen molar-refractivity contribution in [1.82, 2.24) is 0 Å². The molecule has 1 atom stereocenters. The fraction of sp³-hybridized carbons (Fsp3) is 0.250. The monoisotopic (exact) mass is 322 g/mol. The first-order valence-corrected chi connectivity index (χ1v) is 7.25. The van der Waals surface area contributed by atoms with E-state index in [4.69, 9.17) is 11.6 Å². The average molecular weight is 324 g/mol. The number of halogens is 2. The normalized spacial score (nSPS) is 12.5. The van der Waals surface area contributed by atoms with E-state index in [1.807, 2.05) is 6.07 Å². The van der Waals surface area contributed by atoms with Gasteiger partial charge in [-0.15, -0.1) is 0 Å². The van der Waals surface area contributed by atoms with Crippen LogP contribution in [-0.2, 0) is 0 Å². The van der Waals surface area contributed by atoms with E-state index < -0.39 is 0 Å². The Morgan fingerprint density at radius 1 is 0.944 bits per heavy atom. The van der Waals surface area contributed by atoms with Gasteiger partial charge in [-0.25, -0.2) is 0 Å². The van der Waals surface area contributed by atoms with Gasteiger partial charge in [0, 0.05) is 5.02 Å². The zero-order chi connectivity index (χ0) is 13.3. The lowest BCUT2D eigenvalue weighted by molar-refractivity contribution is 1.15. The lowest BCUT2D eigenvalue weighted by Crippen LogP contribution is -1.96. The smallest absolute Gasteiger partial charge is 0.0659 e. The van der Waals surface area contributed by atoms with Gasteiger partial charge in [0.2, 0.25) is 0 Å². The van der Waals surface area contributed by atoms with Crippen LogP contribution in [0.25, 0.3) is 0 Å². The minimum absolute atomic E-state index is 0.143. The highest BCUT2D eigenvalue weighted by atomic mass is 79.9. The minimum Gasteiger partial charge on any atom is -0.0840 e. The molecular formula is C16H16BrCl. The summed E-state index contributed by atoms with van der Waals surface area (Å²) < 4.78 is 0. The number of hydrogen-bond donors (Lipinski definition) is 0. The van der Waals surface area contributed by atoms with E-state index in [1.54, 1.807) is 0 Å². The number of aryl methyl sites for hydroxylation is 3. The number of hydrogen-bond acceptors (Lipinski definition) is 0. The van der Waals surface area contributed by atoms with Crippen LogP contribution in [0.5, 0.6) is 0 Å². The molecule has 0 fully saturated rings. The number of alkyl halides is 1. The Hall–Kier alpha value is -0.790. The summed E-state index contributed by atoms with van der Waals surface area (Å²) >= 11 is 10.1. The van der Waals surface area contributed by atoms with Crippen LogP contribution >= 0.6 is 27.5 Å². The van der Waals surface area contributed by atoms with Crippen molar-refractivity contribution in [1.29, 1.82) is 0 Å². The molecule has 0 bridgehead atoms. The molecule has 0 aliphatic rings. The summed E-state index contributed by atoms with van der Waals surface area (Å²) in [4.78, 5) is 0.143. The lowest BCUT2D eigenvalue weighted by atomic mass is 9.99. The molecule has 2 heteroatoms. The third kappa shape index (κ3) is 2.78. The lowest BCUT2D eigenvalue weighted by Gasteiger charge is -2.15.